The molecular formula is C24H23N3O7S. The first-order valence-corrected chi connectivity index (χ1v) is 12.0. The largest absolute Gasteiger partial charge is 0.449 e. The molecule has 0 spiro atoms. The van der Waals surface area contributed by atoms with Crippen LogP contribution >= 0.6 is 0 Å². The van der Waals surface area contributed by atoms with Crippen LogP contribution in [0.3, 0.4) is 0 Å². The predicted molar refractivity (Wildman–Crippen MR) is 130 cm³/mol. The number of benzene rings is 3. The quantitative estimate of drug-likeness (QED) is 0.268. The first kappa shape index (κ1) is 25.4. The van der Waals surface area contributed by atoms with Crippen molar-refractivity contribution in [2.24, 2.45) is 0 Å². The number of nitrogens with one attached hydrogen (secondary N) is 1. The normalized spacial score (nSPS) is 11.8. The standard InChI is InChI=1S/C24H23N3O7S/c1-3-26(20-9-5-4-6-10-20)35(32,33)22-14-12-18(13-15-22)24(29)34-17(2)23(28)25-19-8-7-11-21(16-19)27(30)31/h4-17H,3H2,1-2H3,(H,25,28)/t17-/m0/s1. The van der Waals surface area contributed by atoms with E-state index in [1.54, 1.807) is 37.3 Å². The second-order valence-electron chi connectivity index (χ2n) is 7.37. The third-order valence-electron chi connectivity index (χ3n) is 4.99. The summed E-state index contributed by atoms with van der Waals surface area (Å²) in [5, 5.41) is 13.3. The Balaban J connectivity index is 1.68. The minimum atomic E-state index is -3.86. The highest BCUT2D eigenvalue weighted by atomic mass is 32.2. The third-order valence-corrected chi connectivity index (χ3v) is 6.90. The van der Waals surface area contributed by atoms with Crippen molar-refractivity contribution in [2.75, 3.05) is 16.2 Å². The zero-order valence-electron chi connectivity index (χ0n) is 19.0. The molecule has 0 aromatic heterocycles. The van der Waals surface area contributed by atoms with Gasteiger partial charge in [-0.05, 0) is 56.3 Å². The number of hydrogen-bond acceptors (Lipinski definition) is 7. The lowest BCUT2D eigenvalue weighted by molar-refractivity contribution is -0.384. The summed E-state index contributed by atoms with van der Waals surface area (Å²) < 4.78 is 32.6. The summed E-state index contributed by atoms with van der Waals surface area (Å²) in [6, 6.07) is 19.2. The Labute approximate surface area is 202 Å². The van der Waals surface area contributed by atoms with Crippen molar-refractivity contribution in [3.8, 4) is 0 Å². The molecule has 1 atom stereocenters. The van der Waals surface area contributed by atoms with E-state index in [2.05, 4.69) is 5.32 Å². The van der Waals surface area contributed by atoms with Gasteiger partial charge in [0.25, 0.3) is 21.6 Å². The molecule has 0 bridgehead atoms. The van der Waals surface area contributed by atoms with Gasteiger partial charge < -0.3 is 10.1 Å². The Morgan fingerprint density at radius 2 is 1.69 bits per heavy atom. The molecular weight excluding hydrogens is 474 g/mol. The van der Waals surface area contributed by atoms with Crippen molar-refractivity contribution in [1.29, 1.82) is 0 Å². The molecule has 0 radical (unpaired) electrons. The summed E-state index contributed by atoms with van der Waals surface area (Å²) in [5.41, 5.74) is 0.556. The number of anilines is 2. The molecule has 1 N–H and O–H groups in total. The van der Waals surface area contributed by atoms with Gasteiger partial charge in [-0.2, -0.15) is 0 Å². The number of amides is 1. The van der Waals surface area contributed by atoms with Crippen LogP contribution in [-0.2, 0) is 19.6 Å². The molecule has 0 fully saturated rings. The Kier molecular flexibility index (Phi) is 7.82. The number of rotatable bonds is 9. The molecule has 0 saturated heterocycles. The summed E-state index contributed by atoms with van der Waals surface area (Å²) >= 11 is 0. The molecule has 182 valence electrons. The van der Waals surface area contributed by atoms with Crippen LogP contribution in [0.1, 0.15) is 24.2 Å². The highest BCUT2D eigenvalue weighted by molar-refractivity contribution is 7.92. The van der Waals surface area contributed by atoms with Crippen molar-refractivity contribution in [1.82, 2.24) is 0 Å². The van der Waals surface area contributed by atoms with E-state index in [9.17, 15) is 28.1 Å². The molecule has 3 rings (SSSR count). The number of ether oxygens (including phenoxy) is 1. The second-order valence-corrected chi connectivity index (χ2v) is 9.24. The Bertz CT molecular complexity index is 1330. The van der Waals surface area contributed by atoms with Gasteiger partial charge in [-0.3, -0.25) is 19.2 Å². The highest BCUT2D eigenvalue weighted by Crippen LogP contribution is 2.24. The predicted octanol–water partition coefficient (Wildman–Crippen LogP) is 3.99. The van der Waals surface area contributed by atoms with Gasteiger partial charge in [0.15, 0.2) is 6.10 Å². The number of nitro groups is 1. The number of para-hydroxylation sites is 1. The van der Waals surface area contributed by atoms with Gasteiger partial charge in [0.1, 0.15) is 0 Å². The topological polar surface area (TPSA) is 136 Å². The molecule has 1 amide bonds. The van der Waals surface area contributed by atoms with Gasteiger partial charge in [-0.25, -0.2) is 13.2 Å². The number of hydrogen-bond donors (Lipinski definition) is 1. The van der Waals surface area contributed by atoms with Crippen molar-refractivity contribution in [2.45, 2.75) is 24.8 Å². The van der Waals surface area contributed by atoms with E-state index in [0.29, 0.717) is 5.69 Å². The van der Waals surface area contributed by atoms with Gasteiger partial charge in [-0.15, -0.1) is 0 Å². The fourth-order valence-electron chi connectivity index (χ4n) is 3.20. The first-order valence-electron chi connectivity index (χ1n) is 10.6. The van der Waals surface area contributed by atoms with E-state index in [0.717, 1.165) is 0 Å². The number of non-ortho nitro benzene ring substituents is 1. The summed E-state index contributed by atoms with van der Waals surface area (Å²) in [7, 11) is -3.86. The smallest absolute Gasteiger partial charge is 0.338 e. The summed E-state index contributed by atoms with van der Waals surface area (Å²) in [6.45, 7) is 3.28. The van der Waals surface area contributed by atoms with Crippen LogP contribution < -0.4 is 9.62 Å². The maximum Gasteiger partial charge on any atom is 0.338 e. The van der Waals surface area contributed by atoms with Crippen LogP contribution in [0, 0.1) is 10.1 Å². The SMILES string of the molecule is CCN(c1ccccc1)S(=O)(=O)c1ccc(C(=O)O[C@@H](C)C(=O)Nc2cccc([N+](=O)[O-])c2)cc1. The van der Waals surface area contributed by atoms with Crippen LogP contribution in [0.4, 0.5) is 17.1 Å². The van der Waals surface area contributed by atoms with Gasteiger partial charge in [0, 0.05) is 24.4 Å². The van der Waals surface area contributed by atoms with Crippen molar-refractivity contribution >= 4 is 39.0 Å². The van der Waals surface area contributed by atoms with Crippen LogP contribution in [0.5, 0.6) is 0 Å². The maximum absolute atomic E-state index is 13.1. The van der Waals surface area contributed by atoms with Gasteiger partial charge >= 0.3 is 5.97 Å². The lowest BCUT2D eigenvalue weighted by Crippen LogP contribution is -2.31. The monoisotopic (exact) mass is 497 g/mol. The molecule has 11 heteroatoms. The van der Waals surface area contributed by atoms with Crippen LogP contribution in [0.15, 0.2) is 83.8 Å². The summed E-state index contributed by atoms with van der Waals surface area (Å²) in [4.78, 5) is 35.1. The molecule has 35 heavy (non-hydrogen) atoms. The van der Waals surface area contributed by atoms with Crippen LogP contribution in [-0.4, -0.2) is 37.9 Å². The zero-order chi connectivity index (χ0) is 25.6. The maximum atomic E-state index is 13.1. The van der Waals surface area contributed by atoms with Crippen LogP contribution in [0.25, 0.3) is 0 Å². The molecule has 0 aliphatic heterocycles. The molecule has 0 aliphatic rings. The Morgan fingerprint density at radius 1 is 1.03 bits per heavy atom. The molecule has 0 saturated carbocycles. The number of nitro benzene ring substituents is 1. The van der Waals surface area contributed by atoms with Crippen molar-refractivity contribution in [3.05, 3.63) is 94.5 Å². The van der Waals surface area contributed by atoms with Gasteiger partial charge in [-0.1, -0.05) is 24.3 Å². The molecule has 0 heterocycles. The van der Waals surface area contributed by atoms with Crippen molar-refractivity contribution < 1.29 is 27.7 Å². The Hall–Kier alpha value is -4.25. The van der Waals surface area contributed by atoms with Crippen molar-refractivity contribution in [3.63, 3.8) is 0 Å². The van der Waals surface area contributed by atoms with E-state index < -0.39 is 32.9 Å². The minimum absolute atomic E-state index is 0.00350. The lowest BCUT2D eigenvalue weighted by Gasteiger charge is -2.23. The highest BCUT2D eigenvalue weighted by Gasteiger charge is 2.25. The second kappa shape index (κ2) is 10.8. The van der Waals surface area contributed by atoms with Crippen LogP contribution in [0.2, 0.25) is 0 Å². The first-order chi connectivity index (χ1) is 16.6. The average Bonchev–Trinajstić information content (AvgIpc) is 2.85. The summed E-state index contributed by atoms with van der Waals surface area (Å²) in [5.74, 6) is -1.51. The fraction of sp³-hybridized carbons (Fsp3) is 0.167. The number of carbonyl (C=O) groups excluding carboxylic acids is 2. The Morgan fingerprint density at radius 3 is 2.29 bits per heavy atom. The lowest BCUT2D eigenvalue weighted by atomic mass is 10.2. The molecule has 0 unspecified atom stereocenters. The number of sulfonamides is 1. The summed E-state index contributed by atoms with van der Waals surface area (Å²) in [6.07, 6.45) is -1.21. The van der Waals surface area contributed by atoms with E-state index in [4.69, 9.17) is 4.74 Å². The zero-order valence-corrected chi connectivity index (χ0v) is 19.8. The minimum Gasteiger partial charge on any atom is -0.449 e. The van der Waals surface area contributed by atoms with Gasteiger partial charge in [0.05, 0.1) is 21.1 Å². The fourth-order valence-corrected chi connectivity index (χ4v) is 4.67. The third kappa shape index (κ3) is 6.01. The average molecular weight is 498 g/mol. The van der Waals surface area contributed by atoms with E-state index in [-0.39, 0.29) is 28.4 Å². The van der Waals surface area contributed by atoms with E-state index >= 15 is 0 Å². The number of nitrogens with zero attached hydrogens (tertiary/aromatic N) is 2. The number of esters is 1. The number of carbonyl (C=O) groups is 2. The van der Waals surface area contributed by atoms with E-state index in [1.165, 1.54) is 59.8 Å². The van der Waals surface area contributed by atoms with E-state index in [1.807, 2.05) is 0 Å². The van der Waals surface area contributed by atoms with Gasteiger partial charge in [0.2, 0.25) is 0 Å². The molecule has 3 aromatic rings. The molecule has 10 nitrogen and oxygen atoms in total. The molecule has 0 aliphatic carbocycles. The molecule has 3 aromatic carbocycles.